The number of furan rings is 1. The molecule has 2 aliphatic rings. The normalized spacial score (nSPS) is 20.6. The average molecular weight is 433 g/mol. The number of carbonyl (C=O) groups excluding carboxylic acids is 2. The highest BCUT2D eigenvalue weighted by Gasteiger charge is 2.28. The summed E-state index contributed by atoms with van der Waals surface area (Å²) in [6.45, 7) is 12.5. The minimum Gasteiger partial charge on any atom is -0.457 e. The lowest BCUT2D eigenvalue weighted by Gasteiger charge is -2.34. The first kappa shape index (κ1) is 24.0. The van der Waals surface area contributed by atoms with Gasteiger partial charge in [-0.2, -0.15) is 0 Å². The number of hydrogen-bond acceptors (Lipinski definition) is 6. The summed E-state index contributed by atoms with van der Waals surface area (Å²) in [4.78, 5) is 31.8. The summed E-state index contributed by atoms with van der Waals surface area (Å²) in [5.41, 5.74) is 0. The third-order valence-electron chi connectivity index (χ3n) is 6.58. The van der Waals surface area contributed by atoms with Crippen molar-refractivity contribution in [3.8, 4) is 0 Å². The van der Waals surface area contributed by atoms with Crippen molar-refractivity contribution in [1.29, 1.82) is 0 Å². The van der Waals surface area contributed by atoms with Crippen molar-refractivity contribution in [2.75, 3.05) is 58.9 Å². The van der Waals surface area contributed by atoms with Gasteiger partial charge in [-0.3, -0.25) is 14.5 Å². The van der Waals surface area contributed by atoms with Gasteiger partial charge in [0.2, 0.25) is 11.7 Å². The molecule has 1 N–H and O–H groups in total. The monoisotopic (exact) mass is 432 g/mol. The molecule has 1 unspecified atom stereocenters. The molecule has 0 spiro atoms. The van der Waals surface area contributed by atoms with Gasteiger partial charge in [0.1, 0.15) is 5.76 Å². The maximum absolute atomic E-state index is 12.7. The summed E-state index contributed by atoms with van der Waals surface area (Å²) in [6, 6.07) is 3.68. The first-order valence-electron chi connectivity index (χ1n) is 12.2. The van der Waals surface area contributed by atoms with Crippen LogP contribution in [0.1, 0.15) is 62.3 Å². The molecule has 0 saturated carbocycles. The molecule has 0 aromatic carbocycles. The second kappa shape index (κ2) is 12.4. The molecule has 2 saturated heterocycles. The van der Waals surface area contributed by atoms with E-state index in [1.165, 1.54) is 32.4 Å². The van der Waals surface area contributed by atoms with Crippen LogP contribution in [0.3, 0.4) is 0 Å². The van der Waals surface area contributed by atoms with E-state index in [1.807, 2.05) is 24.8 Å². The van der Waals surface area contributed by atoms with E-state index in [0.717, 1.165) is 57.9 Å². The molecule has 1 amide bonds. The van der Waals surface area contributed by atoms with E-state index >= 15 is 0 Å². The molecule has 1 aromatic rings. The summed E-state index contributed by atoms with van der Waals surface area (Å²) in [6.07, 6.45) is 5.89. The van der Waals surface area contributed by atoms with Crippen LogP contribution < -0.4 is 5.32 Å². The van der Waals surface area contributed by atoms with Crippen LogP contribution in [-0.4, -0.2) is 85.3 Å². The molecule has 0 aliphatic carbocycles. The number of nitrogens with zero attached hydrogens (tertiary/aromatic N) is 3. The van der Waals surface area contributed by atoms with E-state index in [2.05, 4.69) is 15.1 Å². The minimum absolute atomic E-state index is 0.00174. The van der Waals surface area contributed by atoms with Gasteiger partial charge in [-0.25, -0.2) is 0 Å². The first-order chi connectivity index (χ1) is 15.1. The molecule has 7 heteroatoms. The zero-order chi connectivity index (χ0) is 22.1. The number of piperidine rings is 2. The van der Waals surface area contributed by atoms with Crippen LogP contribution in [0.2, 0.25) is 0 Å². The molecule has 2 aliphatic heterocycles. The van der Waals surface area contributed by atoms with Gasteiger partial charge in [0, 0.05) is 32.7 Å². The van der Waals surface area contributed by atoms with Crippen LogP contribution >= 0.6 is 0 Å². The SMILES string of the molecule is CCN(CC)C(=O)C1CCCN(Cc2ccc(C(=O)CNCCN3CCCCC3)o2)C1. The maximum atomic E-state index is 12.7. The van der Waals surface area contributed by atoms with Crippen LogP contribution in [0.5, 0.6) is 0 Å². The van der Waals surface area contributed by atoms with Gasteiger partial charge >= 0.3 is 0 Å². The lowest BCUT2D eigenvalue weighted by atomic mass is 9.96. The van der Waals surface area contributed by atoms with Crippen LogP contribution in [0.25, 0.3) is 0 Å². The van der Waals surface area contributed by atoms with Crippen molar-refractivity contribution in [1.82, 2.24) is 20.0 Å². The predicted octanol–water partition coefficient (Wildman–Crippen LogP) is 2.62. The molecule has 1 aromatic heterocycles. The number of hydrogen-bond donors (Lipinski definition) is 1. The Morgan fingerprint density at radius 1 is 1.06 bits per heavy atom. The maximum Gasteiger partial charge on any atom is 0.226 e. The van der Waals surface area contributed by atoms with Crippen LogP contribution in [0.4, 0.5) is 0 Å². The molecule has 174 valence electrons. The Kier molecular flexibility index (Phi) is 9.55. The molecule has 0 bridgehead atoms. The lowest BCUT2D eigenvalue weighted by molar-refractivity contribution is -0.137. The Balaban J connectivity index is 1.41. The molecule has 7 nitrogen and oxygen atoms in total. The van der Waals surface area contributed by atoms with Crippen molar-refractivity contribution in [2.24, 2.45) is 5.92 Å². The van der Waals surface area contributed by atoms with E-state index in [0.29, 0.717) is 18.8 Å². The lowest BCUT2D eigenvalue weighted by Crippen LogP contribution is -2.44. The Bertz CT molecular complexity index is 695. The highest BCUT2D eigenvalue weighted by atomic mass is 16.3. The third-order valence-corrected chi connectivity index (χ3v) is 6.58. The van der Waals surface area contributed by atoms with E-state index in [-0.39, 0.29) is 17.6 Å². The number of amides is 1. The summed E-state index contributed by atoms with van der Waals surface area (Å²) in [7, 11) is 0. The Morgan fingerprint density at radius 3 is 2.55 bits per heavy atom. The van der Waals surface area contributed by atoms with Gasteiger partial charge in [-0.1, -0.05) is 6.42 Å². The van der Waals surface area contributed by atoms with Gasteiger partial charge in [-0.05, 0) is 71.3 Å². The van der Waals surface area contributed by atoms with E-state index < -0.39 is 0 Å². The molecular formula is C24H40N4O3. The van der Waals surface area contributed by atoms with Crippen LogP contribution in [-0.2, 0) is 11.3 Å². The molecule has 3 rings (SSSR count). The zero-order valence-corrected chi connectivity index (χ0v) is 19.4. The molecular weight excluding hydrogens is 392 g/mol. The topological polar surface area (TPSA) is 69.0 Å². The fourth-order valence-electron chi connectivity index (χ4n) is 4.74. The fourth-order valence-corrected chi connectivity index (χ4v) is 4.74. The number of ketones is 1. The highest BCUT2D eigenvalue weighted by molar-refractivity contribution is 5.95. The summed E-state index contributed by atoms with van der Waals surface area (Å²) < 4.78 is 5.84. The Hall–Kier alpha value is -1.70. The number of nitrogens with one attached hydrogen (secondary N) is 1. The summed E-state index contributed by atoms with van der Waals surface area (Å²) in [5, 5.41) is 3.26. The van der Waals surface area contributed by atoms with Crippen LogP contribution in [0, 0.1) is 5.92 Å². The molecule has 3 heterocycles. The molecule has 1 atom stereocenters. The number of rotatable bonds is 11. The number of Topliss-reactive ketones (excluding diaryl/α,β-unsaturated/α-hetero) is 1. The summed E-state index contributed by atoms with van der Waals surface area (Å²) >= 11 is 0. The van der Waals surface area contributed by atoms with Gasteiger partial charge in [-0.15, -0.1) is 0 Å². The smallest absolute Gasteiger partial charge is 0.226 e. The second-order valence-corrected chi connectivity index (χ2v) is 8.85. The van der Waals surface area contributed by atoms with Crippen molar-refractivity contribution < 1.29 is 14.0 Å². The molecule has 0 radical (unpaired) electrons. The number of carbonyl (C=O) groups is 2. The molecule has 31 heavy (non-hydrogen) atoms. The van der Waals surface area contributed by atoms with Gasteiger partial charge < -0.3 is 19.5 Å². The first-order valence-corrected chi connectivity index (χ1v) is 12.2. The fraction of sp³-hybridized carbons (Fsp3) is 0.750. The Labute approximate surface area is 187 Å². The standard InChI is InChI=1S/C24H40N4O3/c1-3-28(4-2)24(30)20-9-8-15-27(18-20)19-21-10-11-23(31-21)22(29)17-25-12-16-26-13-6-5-7-14-26/h10-11,20,25H,3-9,12-19H2,1-2H3. The number of likely N-dealkylation sites (tertiary alicyclic amines) is 2. The average Bonchev–Trinajstić information content (AvgIpc) is 3.27. The second-order valence-electron chi connectivity index (χ2n) is 8.85. The van der Waals surface area contributed by atoms with Crippen LogP contribution in [0.15, 0.2) is 16.5 Å². The highest BCUT2D eigenvalue weighted by Crippen LogP contribution is 2.21. The largest absolute Gasteiger partial charge is 0.457 e. The van der Waals surface area contributed by atoms with Crippen molar-refractivity contribution in [2.45, 2.75) is 52.5 Å². The van der Waals surface area contributed by atoms with Crippen molar-refractivity contribution in [3.63, 3.8) is 0 Å². The minimum atomic E-state index is -0.00174. The quantitative estimate of drug-likeness (QED) is 0.428. The Morgan fingerprint density at radius 2 is 1.81 bits per heavy atom. The zero-order valence-electron chi connectivity index (χ0n) is 19.4. The predicted molar refractivity (Wildman–Crippen MR) is 122 cm³/mol. The molecule has 2 fully saturated rings. The van der Waals surface area contributed by atoms with Gasteiger partial charge in [0.25, 0.3) is 0 Å². The van der Waals surface area contributed by atoms with E-state index in [9.17, 15) is 9.59 Å². The van der Waals surface area contributed by atoms with Gasteiger partial charge in [0.05, 0.1) is 19.0 Å². The van der Waals surface area contributed by atoms with E-state index in [4.69, 9.17) is 4.42 Å². The van der Waals surface area contributed by atoms with Gasteiger partial charge in [0.15, 0.2) is 5.76 Å². The third kappa shape index (κ3) is 7.16. The summed E-state index contributed by atoms with van der Waals surface area (Å²) in [5.74, 6) is 1.55. The van der Waals surface area contributed by atoms with E-state index in [1.54, 1.807) is 6.07 Å². The van der Waals surface area contributed by atoms with Crippen molar-refractivity contribution in [3.05, 3.63) is 23.7 Å². The van der Waals surface area contributed by atoms with Crippen molar-refractivity contribution >= 4 is 11.7 Å².